The summed E-state index contributed by atoms with van der Waals surface area (Å²) in [6.45, 7) is 4.82. The Morgan fingerprint density at radius 3 is 1.62 bits per heavy atom. The van der Waals surface area contributed by atoms with Crippen molar-refractivity contribution in [3.05, 3.63) is 70.3 Å². The highest BCUT2D eigenvalue weighted by molar-refractivity contribution is 5.40. The molecule has 4 unspecified atom stereocenters. The van der Waals surface area contributed by atoms with Crippen molar-refractivity contribution in [2.75, 3.05) is 26.2 Å². The minimum atomic E-state index is -0.162. The quantitative estimate of drug-likeness (QED) is 0.704. The minimum Gasteiger partial charge on any atom is -0.316 e. The van der Waals surface area contributed by atoms with Crippen molar-refractivity contribution in [1.29, 1.82) is 0 Å². The molecule has 2 aliphatic carbocycles. The number of piperidine rings is 2. The van der Waals surface area contributed by atoms with Crippen molar-refractivity contribution in [3.63, 3.8) is 0 Å². The summed E-state index contributed by atoms with van der Waals surface area (Å²) >= 11 is 0. The van der Waals surface area contributed by atoms with Crippen LogP contribution in [-0.2, 0) is 23.9 Å². The highest BCUT2D eigenvalue weighted by Gasteiger charge is 2.58. The van der Waals surface area contributed by atoms with Crippen LogP contribution < -0.4 is 16.0 Å². The van der Waals surface area contributed by atoms with E-state index in [1.54, 1.807) is 12.1 Å². The second kappa shape index (κ2) is 6.34. The van der Waals surface area contributed by atoms with Gasteiger partial charge in [0.2, 0.25) is 0 Å². The third kappa shape index (κ3) is 2.78. The molecule has 6 rings (SSSR count). The SMILES string of the molecule is Fc1cc(C23CNCC2C3)ccc1CNCc1ccc(C23CNCC2C3)cc1F. The predicted octanol–water partition coefficient (Wildman–Crippen LogP) is 2.98. The van der Waals surface area contributed by atoms with Crippen LogP contribution >= 0.6 is 0 Å². The third-order valence-electron chi connectivity index (χ3n) is 8.01. The average molecular weight is 395 g/mol. The Kier molecular flexibility index (Phi) is 3.93. The smallest absolute Gasteiger partial charge is 0.127 e. The number of benzene rings is 2. The fourth-order valence-corrected chi connectivity index (χ4v) is 5.91. The normalized spacial score (nSPS) is 34.1. The summed E-state index contributed by atoms with van der Waals surface area (Å²) < 4.78 is 29.3. The van der Waals surface area contributed by atoms with E-state index in [4.69, 9.17) is 0 Å². The summed E-state index contributed by atoms with van der Waals surface area (Å²) in [5.41, 5.74) is 3.87. The first kappa shape index (κ1) is 18.0. The first-order valence-corrected chi connectivity index (χ1v) is 10.8. The Balaban J connectivity index is 1.10. The Morgan fingerprint density at radius 2 is 1.28 bits per heavy atom. The lowest BCUT2D eigenvalue weighted by Gasteiger charge is -2.15. The van der Waals surface area contributed by atoms with E-state index in [2.05, 4.69) is 28.1 Å². The Bertz CT molecular complexity index is 899. The van der Waals surface area contributed by atoms with E-state index in [1.807, 2.05) is 12.1 Å². The van der Waals surface area contributed by atoms with Crippen LogP contribution in [0.1, 0.15) is 35.1 Å². The van der Waals surface area contributed by atoms with Crippen molar-refractivity contribution in [2.45, 2.75) is 36.8 Å². The van der Waals surface area contributed by atoms with Crippen LogP contribution in [0.25, 0.3) is 0 Å². The van der Waals surface area contributed by atoms with Crippen LogP contribution in [-0.4, -0.2) is 26.2 Å². The lowest BCUT2D eigenvalue weighted by molar-refractivity contribution is 0.562. The van der Waals surface area contributed by atoms with E-state index in [0.29, 0.717) is 36.1 Å². The Labute approximate surface area is 170 Å². The molecule has 0 bridgehead atoms. The molecule has 2 saturated heterocycles. The van der Waals surface area contributed by atoms with Crippen molar-refractivity contribution in [1.82, 2.24) is 16.0 Å². The fraction of sp³-hybridized carbons (Fsp3) is 0.500. The molecule has 0 radical (unpaired) electrons. The van der Waals surface area contributed by atoms with Gasteiger partial charge in [-0.2, -0.15) is 0 Å². The van der Waals surface area contributed by atoms with Crippen LogP contribution in [0.5, 0.6) is 0 Å². The van der Waals surface area contributed by atoms with Gasteiger partial charge in [-0.25, -0.2) is 8.78 Å². The predicted molar refractivity (Wildman–Crippen MR) is 109 cm³/mol. The molecule has 2 aromatic rings. The van der Waals surface area contributed by atoms with Gasteiger partial charge in [0.25, 0.3) is 0 Å². The van der Waals surface area contributed by atoms with Gasteiger partial charge in [0.1, 0.15) is 11.6 Å². The summed E-state index contributed by atoms with van der Waals surface area (Å²) in [5.74, 6) is 1.01. The monoisotopic (exact) mass is 395 g/mol. The molecule has 2 aliphatic heterocycles. The van der Waals surface area contributed by atoms with E-state index < -0.39 is 0 Å². The summed E-state index contributed by atoms with van der Waals surface area (Å²) in [6.07, 6.45) is 2.34. The number of hydrogen-bond acceptors (Lipinski definition) is 3. The van der Waals surface area contributed by atoms with E-state index >= 15 is 0 Å². The van der Waals surface area contributed by atoms with Crippen LogP contribution in [0.2, 0.25) is 0 Å². The Morgan fingerprint density at radius 1 is 0.793 bits per heavy atom. The minimum absolute atomic E-state index is 0.162. The molecule has 0 amide bonds. The second-order valence-electron chi connectivity index (χ2n) is 9.59. The number of nitrogens with one attached hydrogen (secondary N) is 3. The molecule has 4 atom stereocenters. The van der Waals surface area contributed by atoms with Gasteiger partial charge >= 0.3 is 0 Å². The number of fused-ring (bicyclic) bond motifs is 2. The zero-order valence-electron chi connectivity index (χ0n) is 16.5. The second-order valence-corrected chi connectivity index (χ2v) is 9.59. The molecular weight excluding hydrogens is 368 g/mol. The van der Waals surface area contributed by atoms with Gasteiger partial charge in [-0.05, 0) is 61.0 Å². The maximum atomic E-state index is 14.6. The summed E-state index contributed by atoms with van der Waals surface area (Å²) in [6, 6.07) is 11.3. The molecule has 4 fully saturated rings. The fourth-order valence-electron chi connectivity index (χ4n) is 5.91. The number of halogens is 2. The van der Waals surface area contributed by atoms with Crippen LogP contribution in [0.15, 0.2) is 36.4 Å². The van der Waals surface area contributed by atoms with Gasteiger partial charge in [-0.15, -0.1) is 0 Å². The number of hydrogen-bond donors (Lipinski definition) is 3. The zero-order chi connectivity index (χ0) is 19.6. The van der Waals surface area contributed by atoms with Crippen LogP contribution in [0.3, 0.4) is 0 Å². The largest absolute Gasteiger partial charge is 0.316 e. The van der Waals surface area contributed by atoms with Crippen LogP contribution in [0.4, 0.5) is 8.78 Å². The topological polar surface area (TPSA) is 36.1 Å². The van der Waals surface area contributed by atoms with Crippen molar-refractivity contribution >= 4 is 0 Å². The van der Waals surface area contributed by atoms with E-state index in [9.17, 15) is 8.78 Å². The molecule has 5 heteroatoms. The summed E-state index contributed by atoms with van der Waals surface area (Å²) in [7, 11) is 0. The highest BCUT2D eigenvalue weighted by Crippen LogP contribution is 2.57. The van der Waals surface area contributed by atoms with Gasteiger partial charge < -0.3 is 16.0 Å². The van der Waals surface area contributed by atoms with Crippen molar-refractivity contribution in [3.8, 4) is 0 Å². The molecule has 3 nitrogen and oxygen atoms in total. The maximum Gasteiger partial charge on any atom is 0.127 e. The molecule has 0 aromatic heterocycles. The van der Waals surface area contributed by atoms with Gasteiger partial charge in [-0.3, -0.25) is 0 Å². The molecule has 152 valence electrons. The van der Waals surface area contributed by atoms with E-state index in [-0.39, 0.29) is 22.5 Å². The van der Waals surface area contributed by atoms with Crippen LogP contribution in [0, 0.1) is 23.5 Å². The average Bonchev–Trinajstić information content (AvgIpc) is 3.52. The van der Waals surface area contributed by atoms with Gasteiger partial charge in [-0.1, -0.05) is 24.3 Å². The molecular formula is C24H27F2N3. The van der Waals surface area contributed by atoms with Crippen molar-refractivity contribution in [2.24, 2.45) is 11.8 Å². The maximum absolute atomic E-state index is 14.6. The molecule has 2 aromatic carbocycles. The molecule has 2 saturated carbocycles. The lowest BCUT2D eigenvalue weighted by Crippen LogP contribution is -2.20. The molecule has 2 heterocycles. The Hall–Kier alpha value is -1.82. The lowest BCUT2D eigenvalue weighted by atomic mass is 9.93. The van der Waals surface area contributed by atoms with Gasteiger partial charge in [0.15, 0.2) is 0 Å². The number of rotatable bonds is 6. The van der Waals surface area contributed by atoms with Gasteiger partial charge in [0, 0.05) is 48.1 Å². The first-order valence-electron chi connectivity index (χ1n) is 10.8. The summed E-state index contributed by atoms with van der Waals surface area (Å²) in [5, 5.41) is 10.0. The highest BCUT2D eigenvalue weighted by atomic mass is 19.1. The van der Waals surface area contributed by atoms with E-state index in [1.165, 1.54) is 12.8 Å². The first-order chi connectivity index (χ1) is 14.1. The van der Waals surface area contributed by atoms with Gasteiger partial charge in [0.05, 0.1) is 0 Å². The molecule has 29 heavy (non-hydrogen) atoms. The van der Waals surface area contributed by atoms with Crippen molar-refractivity contribution < 1.29 is 8.78 Å². The standard InChI is InChI=1S/C24H27F2N3/c25-21-5-17(23-7-19(23)11-28-13-23)3-1-15(21)9-27-10-16-2-4-18(6-22(16)26)24-8-20(24)12-29-14-24/h1-6,19-20,27-29H,7-14H2. The molecule has 3 N–H and O–H groups in total. The summed E-state index contributed by atoms with van der Waals surface area (Å²) in [4.78, 5) is 0. The molecule has 0 spiro atoms. The third-order valence-corrected chi connectivity index (χ3v) is 8.01. The van der Waals surface area contributed by atoms with E-state index in [0.717, 1.165) is 37.3 Å². The molecule has 4 aliphatic rings. The zero-order valence-corrected chi connectivity index (χ0v) is 16.5.